The van der Waals surface area contributed by atoms with Crippen molar-refractivity contribution in [2.45, 2.75) is 0 Å². The third-order valence-electron chi connectivity index (χ3n) is 2.89. The highest BCUT2D eigenvalue weighted by Crippen LogP contribution is 2.03. The van der Waals surface area contributed by atoms with Crippen LogP contribution in [0.5, 0.6) is 0 Å². The van der Waals surface area contributed by atoms with E-state index >= 15 is 0 Å². The maximum Gasteiger partial charge on any atom is 0.329 e. The highest BCUT2D eigenvalue weighted by molar-refractivity contribution is 5.80. The van der Waals surface area contributed by atoms with Gasteiger partial charge in [-0.25, -0.2) is 4.79 Å². The van der Waals surface area contributed by atoms with Gasteiger partial charge in [-0.15, -0.1) is 0 Å². The lowest BCUT2D eigenvalue weighted by molar-refractivity contribution is -0.148. The molecule has 0 atom stereocenters. The number of nitrogens with zero attached hydrogens (tertiary/aromatic N) is 3. The van der Waals surface area contributed by atoms with Gasteiger partial charge in [-0.1, -0.05) is 0 Å². The molecule has 0 unspecified atom stereocenters. The van der Waals surface area contributed by atoms with E-state index in [9.17, 15) is 14.4 Å². The van der Waals surface area contributed by atoms with Crippen LogP contribution < -0.4 is 0 Å². The fourth-order valence-corrected chi connectivity index (χ4v) is 1.89. The minimum atomic E-state index is -1.10. The molecule has 0 aromatic rings. The van der Waals surface area contributed by atoms with E-state index < -0.39 is 12.6 Å². The second-order valence-corrected chi connectivity index (χ2v) is 4.89. The smallest absolute Gasteiger partial charge is 0.329 e. The molecule has 1 fully saturated rings. The molecule has 1 saturated heterocycles. The standard InChI is InChI=1S/C12H21N3O5/c1-13(2)7-10(16)14-3-5-15(6-4-14)11(17)8-20-9-12(18)19/h3-9H2,1-2H3,(H,18,19). The lowest BCUT2D eigenvalue weighted by Crippen LogP contribution is -2.52. The first-order valence-electron chi connectivity index (χ1n) is 6.40. The SMILES string of the molecule is CN(C)CC(=O)N1CCN(C(=O)COCC(=O)O)CC1. The van der Waals surface area contributed by atoms with E-state index in [1.165, 1.54) is 0 Å². The largest absolute Gasteiger partial charge is 0.480 e. The first-order valence-corrected chi connectivity index (χ1v) is 6.40. The molecule has 0 aromatic carbocycles. The van der Waals surface area contributed by atoms with Gasteiger partial charge >= 0.3 is 5.97 Å². The summed E-state index contributed by atoms with van der Waals surface area (Å²) in [6.07, 6.45) is 0. The van der Waals surface area contributed by atoms with Crippen LogP contribution in [-0.2, 0) is 19.1 Å². The summed E-state index contributed by atoms with van der Waals surface area (Å²) in [6, 6.07) is 0. The third-order valence-corrected chi connectivity index (χ3v) is 2.89. The molecule has 2 amide bonds. The molecule has 1 rings (SSSR count). The van der Waals surface area contributed by atoms with Crippen LogP contribution >= 0.6 is 0 Å². The fraction of sp³-hybridized carbons (Fsp3) is 0.750. The van der Waals surface area contributed by atoms with Crippen molar-refractivity contribution in [2.24, 2.45) is 0 Å². The Morgan fingerprint density at radius 2 is 1.50 bits per heavy atom. The minimum Gasteiger partial charge on any atom is -0.480 e. The Bertz CT molecular complexity index is 364. The summed E-state index contributed by atoms with van der Waals surface area (Å²) in [5.41, 5.74) is 0. The zero-order valence-electron chi connectivity index (χ0n) is 11.9. The van der Waals surface area contributed by atoms with Crippen molar-refractivity contribution in [3.8, 4) is 0 Å². The molecule has 8 heteroatoms. The number of likely N-dealkylation sites (N-methyl/N-ethyl adjacent to an activating group) is 1. The quantitative estimate of drug-likeness (QED) is 0.627. The summed E-state index contributed by atoms with van der Waals surface area (Å²) in [4.78, 5) is 38.9. The zero-order valence-corrected chi connectivity index (χ0v) is 11.9. The van der Waals surface area contributed by atoms with Crippen LogP contribution in [0.2, 0.25) is 0 Å². The molecule has 0 aromatic heterocycles. The summed E-state index contributed by atoms with van der Waals surface area (Å²) in [5, 5.41) is 8.41. The highest BCUT2D eigenvalue weighted by Gasteiger charge is 2.24. The summed E-state index contributed by atoms with van der Waals surface area (Å²) in [5.74, 6) is -1.30. The zero-order chi connectivity index (χ0) is 15.1. The molecule has 0 saturated carbocycles. The maximum absolute atomic E-state index is 11.8. The van der Waals surface area contributed by atoms with Gasteiger partial charge in [-0.2, -0.15) is 0 Å². The summed E-state index contributed by atoms with van der Waals surface area (Å²) < 4.78 is 4.76. The van der Waals surface area contributed by atoms with Crippen molar-refractivity contribution in [2.75, 3.05) is 60.0 Å². The molecule has 1 N–H and O–H groups in total. The van der Waals surface area contributed by atoms with Crippen molar-refractivity contribution >= 4 is 17.8 Å². The number of carboxylic acid groups (broad SMARTS) is 1. The molecular weight excluding hydrogens is 266 g/mol. The fourth-order valence-electron chi connectivity index (χ4n) is 1.89. The average Bonchev–Trinajstić information content (AvgIpc) is 2.37. The first-order chi connectivity index (χ1) is 9.40. The molecule has 20 heavy (non-hydrogen) atoms. The van der Waals surface area contributed by atoms with Crippen molar-refractivity contribution < 1.29 is 24.2 Å². The Labute approximate surface area is 117 Å². The normalized spacial score (nSPS) is 15.6. The Morgan fingerprint density at radius 1 is 1.00 bits per heavy atom. The highest BCUT2D eigenvalue weighted by atomic mass is 16.5. The van der Waals surface area contributed by atoms with Crippen molar-refractivity contribution in [3.05, 3.63) is 0 Å². The number of piperazine rings is 1. The molecule has 114 valence electrons. The number of carbonyl (C=O) groups excluding carboxylic acids is 2. The van der Waals surface area contributed by atoms with E-state index in [4.69, 9.17) is 9.84 Å². The van der Waals surface area contributed by atoms with E-state index in [2.05, 4.69) is 0 Å². The predicted octanol–water partition coefficient (Wildman–Crippen LogP) is -1.68. The van der Waals surface area contributed by atoms with Gasteiger partial charge in [-0.05, 0) is 14.1 Å². The lowest BCUT2D eigenvalue weighted by Gasteiger charge is -2.35. The average molecular weight is 287 g/mol. The Kier molecular flexibility index (Phi) is 6.40. The van der Waals surface area contributed by atoms with E-state index in [1.807, 2.05) is 14.1 Å². The molecule has 1 aliphatic rings. The van der Waals surface area contributed by atoms with Gasteiger partial charge < -0.3 is 24.5 Å². The molecular formula is C12H21N3O5. The number of hydrogen-bond acceptors (Lipinski definition) is 5. The number of carbonyl (C=O) groups is 3. The van der Waals surface area contributed by atoms with Crippen LogP contribution in [0, 0.1) is 0 Å². The van der Waals surface area contributed by atoms with Gasteiger partial charge in [0.25, 0.3) is 0 Å². The van der Waals surface area contributed by atoms with Gasteiger partial charge in [-0.3, -0.25) is 9.59 Å². The van der Waals surface area contributed by atoms with Crippen molar-refractivity contribution in [1.29, 1.82) is 0 Å². The molecule has 0 bridgehead atoms. The molecule has 8 nitrogen and oxygen atoms in total. The van der Waals surface area contributed by atoms with Crippen LogP contribution in [0.3, 0.4) is 0 Å². The number of aliphatic carboxylic acids is 1. The number of ether oxygens (including phenoxy) is 1. The van der Waals surface area contributed by atoms with Gasteiger partial charge in [0.1, 0.15) is 13.2 Å². The molecule has 0 aliphatic carbocycles. The van der Waals surface area contributed by atoms with E-state index in [-0.39, 0.29) is 18.4 Å². The Morgan fingerprint density at radius 3 is 1.95 bits per heavy atom. The number of amides is 2. The molecule has 1 heterocycles. The lowest BCUT2D eigenvalue weighted by atomic mass is 10.3. The van der Waals surface area contributed by atoms with Crippen LogP contribution in [0.25, 0.3) is 0 Å². The summed E-state index contributed by atoms with van der Waals surface area (Å²) in [7, 11) is 3.66. The summed E-state index contributed by atoms with van der Waals surface area (Å²) >= 11 is 0. The monoisotopic (exact) mass is 287 g/mol. The van der Waals surface area contributed by atoms with Gasteiger partial charge in [0.15, 0.2) is 0 Å². The van der Waals surface area contributed by atoms with E-state index in [1.54, 1.807) is 14.7 Å². The summed E-state index contributed by atoms with van der Waals surface area (Å²) in [6.45, 7) is 1.54. The molecule has 0 spiro atoms. The second kappa shape index (κ2) is 7.81. The Hall–Kier alpha value is -1.67. The predicted molar refractivity (Wildman–Crippen MR) is 70.2 cm³/mol. The Balaban J connectivity index is 2.29. The van der Waals surface area contributed by atoms with Gasteiger partial charge in [0.2, 0.25) is 11.8 Å². The second-order valence-electron chi connectivity index (χ2n) is 4.89. The van der Waals surface area contributed by atoms with Gasteiger partial charge in [0, 0.05) is 26.2 Å². The first kappa shape index (κ1) is 16.4. The van der Waals surface area contributed by atoms with Crippen LogP contribution in [0.4, 0.5) is 0 Å². The van der Waals surface area contributed by atoms with E-state index in [0.29, 0.717) is 32.7 Å². The third kappa shape index (κ3) is 5.54. The van der Waals surface area contributed by atoms with Crippen molar-refractivity contribution in [1.82, 2.24) is 14.7 Å². The van der Waals surface area contributed by atoms with Crippen molar-refractivity contribution in [3.63, 3.8) is 0 Å². The number of carboxylic acids is 1. The van der Waals surface area contributed by atoms with Crippen LogP contribution in [0.15, 0.2) is 0 Å². The van der Waals surface area contributed by atoms with Crippen LogP contribution in [0.1, 0.15) is 0 Å². The van der Waals surface area contributed by atoms with Gasteiger partial charge in [0.05, 0.1) is 6.54 Å². The number of rotatable bonds is 6. The minimum absolute atomic E-state index is 0.0456. The van der Waals surface area contributed by atoms with Crippen LogP contribution in [-0.4, -0.2) is 97.6 Å². The number of hydrogen-bond donors (Lipinski definition) is 1. The molecule has 1 aliphatic heterocycles. The maximum atomic E-state index is 11.8. The topological polar surface area (TPSA) is 90.4 Å². The van der Waals surface area contributed by atoms with E-state index in [0.717, 1.165) is 0 Å². The molecule has 0 radical (unpaired) electrons.